The highest BCUT2D eigenvalue weighted by molar-refractivity contribution is 7.99. The van der Waals surface area contributed by atoms with E-state index in [0.717, 1.165) is 49.0 Å². The average Bonchev–Trinajstić information content (AvgIpc) is 2.90. The van der Waals surface area contributed by atoms with E-state index in [1.807, 2.05) is 35.7 Å². The van der Waals surface area contributed by atoms with Gasteiger partial charge in [-0.15, -0.1) is 0 Å². The maximum Gasteiger partial charge on any atom is 0.223 e. The topological polar surface area (TPSA) is 42.7 Å². The van der Waals surface area contributed by atoms with Gasteiger partial charge in [0, 0.05) is 38.2 Å². The van der Waals surface area contributed by atoms with Crippen LogP contribution >= 0.6 is 11.8 Å². The zero-order valence-electron chi connectivity index (χ0n) is 12.3. The van der Waals surface area contributed by atoms with E-state index in [2.05, 4.69) is 0 Å². The number of nitrogens with zero attached hydrogens (tertiary/aromatic N) is 1. The summed E-state index contributed by atoms with van der Waals surface area (Å²) in [6.45, 7) is 3.48. The maximum absolute atomic E-state index is 12.4. The second-order valence-electron chi connectivity index (χ2n) is 5.08. The summed E-state index contributed by atoms with van der Waals surface area (Å²) in [6, 6.07) is 4.06. The predicted molar refractivity (Wildman–Crippen MR) is 81.0 cm³/mol. The van der Waals surface area contributed by atoms with Crippen molar-refractivity contribution in [3.8, 4) is 0 Å². The first-order valence-electron chi connectivity index (χ1n) is 7.15. The lowest BCUT2D eigenvalue weighted by Gasteiger charge is -2.34. The van der Waals surface area contributed by atoms with Crippen LogP contribution in [0.25, 0.3) is 0 Å². The van der Waals surface area contributed by atoms with E-state index in [9.17, 15) is 4.79 Å². The van der Waals surface area contributed by atoms with Gasteiger partial charge in [0.1, 0.15) is 11.5 Å². The molecule has 0 spiro atoms. The molecule has 0 N–H and O–H groups in total. The summed E-state index contributed by atoms with van der Waals surface area (Å²) in [5, 5.41) is 0. The molecule has 0 aliphatic carbocycles. The molecule has 112 valence electrons. The second kappa shape index (κ2) is 7.74. The van der Waals surface area contributed by atoms with Gasteiger partial charge in [-0.1, -0.05) is 0 Å². The van der Waals surface area contributed by atoms with Crippen LogP contribution in [0.4, 0.5) is 0 Å². The molecule has 1 aliphatic rings. The van der Waals surface area contributed by atoms with E-state index in [1.54, 1.807) is 7.11 Å². The van der Waals surface area contributed by atoms with Crippen molar-refractivity contribution in [1.29, 1.82) is 0 Å². The molecule has 0 radical (unpaired) electrons. The van der Waals surface area contributed by atoms with Gasteiger partial charge in [0.15, 0.2) is 0 Å². The fraction of sp³-hybridized carbons (Fsp3) is 0.667. The van der Waals surface area contributed by atoms with E-state index < -0.39 is 0 Å². The summed E-state index contributed by atoms with van der Waals surface area (Å²) in [5.41, 5.74) is 0. The number of rotatable bonds is 6. The molecule has 1 aliphatic heterocycles. The number of furan rings is 1. The molecule has 0 unspecified atom stereocenters. The SMILES string of the molecule is COCCCCC(=O)N1CCSC[C@H]1c1ccc(C)o1. The van der Waals surface area contributed by atoms with Crippen molar-refractivity contribution in [1.82, 2.24) is 4.90 Å². The highest BCUT2D eigenvalue weighted by Gasteiger charge is 2.29. The first kappa shape index (κ1) is 15.4. The minimum atomic E-state index is 0.0948. The molecule has 2 heterocycles. The van der Waals surface area contributed by atoms with Gasteiger partial charge in [-0.25, -0.2) is 0 Å². The fourth-order valence-electron chi connectivity index (χ4n) is 2.44. The molecule has 2 rings (SSSR count). The number of hydrogen-bond donors (Lipinski definition) is 0. The zero-order valence-corrected chi connectivity index (χ0v) is 13.1. The van der Waals surface area contributed by atoms with Crippen molar-refractivity contribution in [2.75, 3.05) is 31.8 Å². The molecule has 0 saturated carbocycles. The standard InChI is InChI=1S/C15H23NO3S/c1-12-6-7-14(19-12)13-11-20-10-8-16(13)15(17)5-3-4-9-18-2/h6-7,13H,3-5,8-11H2,1-2H3/t13-/m0/s1. The third-order valence-corrected chi connectivity index (χ3v) is 4.55. The average molecular weight is 297 g/mol. The Morgan fingerprint density at radius 2 is 2.35 bits per heavy atom. The molecule has 4 nitrogen and oxygen atoms in total. The molecule has 1 aromatic rings. The van der Waals surface area contributed by atoms with Gasteiger partial charge in [0.05, 0.1) is 6.04 Å². The van der Waals surface area contributed by atoms with Crippen LogP contribution in [0.15, 0.2) is 16.5 Å². The molecule has 1 saturated heterocycles. The number of amides is 1. The lowest BCUT2D eigenvalue weighted by molar-refractivity contribution is -0.133. The van der Waals surface area contributed by atoms with Gasteiger partial charge in [-0.05, 0) is 31.9 Å². The number of thioether (sulfide) groups is 1. The Morgan fingerprint density at radius 1 is 1.50 bits per heavy atom. The highest BCUT2D eigenvalue weighted by atomic mass is 32.2. The zero-order chi connectivity index (χ0) is 14.4. The summed E-state index contributed by atoms with van der Waals surface area (Å²) in [4.78, 5) is 14.4. The molecule has 5 heteroatoms. The van der Waals surface area contributed by atoms with E-state index in [1.165, 1.54) is 0 Å². The van der Waals surface area contributed by atoms with Crippen LogP contribution in [0.5, 0.6) is 0 Å². The third kappa shape index (κ3) is 4.03. The summed E-state index contributed by atoms with van der Waals surface area (Å²) in [7, 11) is 1.69. The number of ether oxygens (including phenoxy) is 1. The summed E-state index contributed by atoms with van der Waals surface area (Å²) >= 11 is 1.89. The van der Waals surface area contributed by atoms with Crippen molar-refractivity contribution in [3.63, 3.8) is 0 Å². The van der Waals surface area contributed by atoms with Gasteiger partial charge >= 0.3 is 0 Å². The molecule has 1 aromatic heterocycles. The molecule has 1 atom stereocenters. The Balaban J connectivity index is 1.94. The smallest absolute Gasteiger partial charge is 0.223 e. The summed E-state index contributed by atoms with van der Waals surface area (Å²) < 4.78 is 10.7. The van der Waals surface area contributed by atoms with Crippen LogP contribution in [0.3, 0.4) is 0 Å². The third-order valence-electron chi connectivity index (χ3n) is 3.53. The van der Waals surface area contributed by atoms with Crippen LogP contribution in [-0.2, 0) is 9.53 Å². The summed E-state index contributed by atoms with van der Waals surface area (Å²) in [5.74, 6) is 4.00. The van der Waals surface area contributed by atoms with Crippen molar-refractivity contribution in [2.45, 2.75) is 32.2 Å². The highest BCUT2D eigenvalue weighted by Crippen LogP contribution is 2.31. The maximum atomic E-state index is 12.4. The molecule has 1 fully saturated rings. The van der Waals surface area contributed by atoms with Gasteiger partial charge < -0.3 is 14.1 Å². The van der Waals surface area contributed by atoms with Crippen LogP contribution in [-0.4, -0.2) is 42.6 Å². The fourth-order valence-corrected chi connectivity index (χ4v) is 3.50. The number of aryl methyl sites for hydroxylation is 1. The van der Waals surface area contributed by atoms with E-state index in [0.29, 0.717) is 6.42 Å². The first-order valence-corrected chi connectivity index (χ1v) is 8.30. The van der Waals surface area contributed by atoms with Crippen molar-refractivity contribution < 1.29 is 13.9 Å². The van der Waals surface area contributed by atoms with Crippen molar-refractivity contribution in [2.24, 2.45) is 0 Å². The molecular weight excluding hydrogens is 274 g/mol. The largest absolute Gasteiger partial charge is 0.464 e. The monoisotopic (exact) mass is 297 g/mol. The Labute approximate surface area is 124 Å². The van der Waals surface area contributed by atoms with Gasteiger partial charge in [0.25, 0.3) is 0 Å². The van der Waals surface area contributed by atoms with Crippen LogP contribution in [0.2, 0.25) is 0 Å². The second-order valence-corrected chi connectivity index (χ2v) is 6.23. The Bertz CT molecular complexity index is 433. The van der Waals surface area contributed by atoms with Gasteiger partial charge in [-0.2, -0.15) is 11.8 Å². The van der Waals surface area contributed by atoms with Crippen molar-refractivity contribution >= 4 is 17.7 Å². The van der Waals surface area contributed by atoms with E-state index >= 15 is 0 Å². The molecule has 0 bridgehead atoms. The molecule has 1 amide bonds. The Hall–Kier alpha value is -0.940. The normalized spacial score (nSPS) is 19.3. The van der Waals surface area contributed by atoms with Crippen LogP contribution < -0.4 is 0 Å². The lowest BCUT2D eigenvalue weighted by Crippen LogP contribution is -2.40. The van der Waals surface area contributed by atoms with Gasteiger partial charge in [-0.3, -0.25) is 4.79 Å². The Kier molecular flexibility index (Phi) is 5.98. The number of hydrogen-bond acceptors (Lipinski definition) is 4. The van der Waals surface area contributed by atoms with E-state index in [4.69, 9.17) is 9.15 Å². The predicted octanol–water partition coefficient (Wildman–Crippen LogP) is 3.02. The van der Waals surface area contributed by atoms with Crippen LogP contribution in [0.1, 0.15) is 36.8 Å². The molecular formula is C15H23NO3S. The first-order chi connectivity index (χ1) is 9.72. The minimum Gasteiger partial charge on any atom is -0.464 e. The lowest BCUT2D eigenvalue weighted by atomic mass is 10.1. The van der Waals surface area contributed by atoms with E-state index in [-0.39, 0.29) is 11.9 Å². The Morgan fingerprint density at radius 3 is 3.05 bits per heavy atom. The minimum absolute atomic E-state index is 0.0948. The number of methoxy groups -OCH3 is 1. The van der Waals surface area contributed by atoms with Gasteiger partial charge in [0.2, 0.25) is 5.91 Å². The quantitative estimate of drug-likeness (QED) is 0.757. The number of unbranched alkanes of at least 4 members (excludes halogenated alkanes) is 1. The van der Waals surface area contributed by atoms with Crippen molar-refractivity contribution in [3.05, 3.63) is 23.7 Å². The van der Waals surface area contributed by atoms with Crippen LogP contribution in [0, 0.1) is 6.92 Å². The summed E-state index contributed by atoms with van der Waals surface area (Å²) in [6.07, 6.45) is 2.43. The molecule has 0 aromatic carbocycles. The molecule has 20 heavy (non-hydrogen) atoms. The number of carbonyl (C=O) groups is 1. The number of carbonyl (C=O) groups excluding carboxylic acids is 1.